The molecule has 1 fully saturated rings. The summed E-state index contributed by atoms with van der Waals surface area (Å²) in [6.07, 6.45) is 12.7. The Bertz CT molecular complexity index is 695. The van der Waals surface area contributed by atoms with Crippen LogP contribution in [0.15, 0.2) is 35.7 Å². The molecular formula is C27H40S. The molecule has 3 unspecified atom stereocenters. The summed E-state index contributed by atoms with van der Waals surface area (Å²) >= 11 is 1.89. The van der Waals surface area contributed by atoms with Gasteiger partial charge < -0.3 is 0 Å². The Labute approximate surface area is 177 Å². The van der Waals surface area contributed by atoms with Crippen LogP contribution in [0.5, 0.6) is 0 Å². The minimum atomic E-state index is 0.731. The van der Waals surface area contributed by atoms with E-state index in [9.17, 15) is 0 Å². The molecule has 1 aliphatic carbocycles. The zero-order valence-corrected chi connectivity index (χ0v) is 19.4. The van der Waals surface area contributed by atoms with Crippen LogP contribution in [-0.4, -0.2) is 0 Å². The first kappa shape index (κ1) is 21.6. The third-order valence-electron chi connectivity index (χ3n) is 7.45. The van der Waals surface area contributed by atoms with Gasteiger partial charge in [0.15, 0.2) is 0 Å². The Hall–Kier alpha value is -1.08. The van der Waals surface area contributed by atoms with Crippen LogP contribution in [0.1, 0.15) is 95.6 Å². The zero-order chi connectivity index (χ0) is 19.9. The molecule has 3 rings (SSSR count). The van der Waals surface area contributed by atoms with Gasteiger partial charge in [-0.3, -0.25) is 0 Å². The molecular weight excluding hydrogens is 356 g/mol. The molecule has 1 saturated carbocycles. The molecule has 154 valence electrons. The predicted molar refractivity (Wildman–Crippen MR) is 126 cm³/mol. The molecule has 0 spiro atoms. The van der Waals surface area contributed by atoms with Gasteiger partial charge >= 0.3 is 0 Å². The standard InChI is InChI=1S/C27H40S/c1-5-22(6-2)11-7-8-12-23-13-9-14-24(21(23)4)26-19-20(3)16-17-25(26)27-15-10-18-28-27/h10,15-19,21-24H,5-9,11-14H2,1-4H3. The van der Waals surface area contributed by atoms with E-state index in [0.717, 1.165) is 23.7 Å². The maximum absolute atomic E-state index is 2.55. The number of benzene rings is 1. The lowest BCUT2D eigenvalue weighted by molar-refractivity contribution is 0.203. The van der Waals surface area contributed by atoms with E-state index >= 15 is 0 Å². The van der Waals surface area contributed by atoms with Gasteiger partial charge in [-0.1, -0.05) is 102 Å². The summed E-state index contributed by atoms with van der Waals surface area (Å²) in [4.78, 5) is 1.44. The molecule has 2 aromatic rings. The van der Waals surface area contributed by atoms with Gasteiger partial charge in [-0.05, 0) is 59.6 Å². The van der Waals surface area contributed by atoms with Gasteiger partial charge in [0, 0.05) is 4.88 Å². The fourth-order valence-corrected chi connectivity index (χ4v) is 6.26. The summed E-state index contributed by atoms with van der Waals surface area (Å²) in [7, 11) is 0. The first-order valence-electron chi connectivity index (χ1n) is 11.8. The first-order valence-corrected chi connectivity index (χ1v) is 12.7. The number of rotatable bonds is 9. The minimum absolute atomic E-state index is 0.731. The van der Waals surface area contributed by atoms with E-state index in [1.54, 1.807) is 5.56 Å². The Morgan fingerprint density at radius 1 is 1.07 bits per heavy atom. The van der Waals surface area contributed by atoms with Crippen LogP contribution in [0.3, 0.4) is 0 Å². The molecule has 1 aromatic carbocycles. The highest BCUT2D eigenvalue weighted by atomic mass is 32.1. The summed E-state index contributed by atoms with van der Waals surface area (Å²) in [5, 5.41) is 2.21. The van der Waals surface area contributed by atoms with Crippen LogP contribution >= 0.6 is 11.3 Å². The van der Waals surface area contributed by atoms with Crippen molar-refractivity contribution in [3.8, 4) is 10.4 Å². The third-order valence-corrected chi connectivity index (χ3v) is 8.36. The molecule has 0 amide bonds. The monoisotopic (exact) mass is 396 g/mol. The van der Waals surface area contributed by atoms with E-state index < -0.39 is 0 Å². The van der Waals surface area contributed by atoms with E-state index in [1.807, 2.05) is 11.3 Å². The number of hydrogen-bond donors (Lipinski definition) is 0. The highest BCUT2D eigenvalue weighted by Crippen LogP contribution is 2.46. The average Bonchev–Trinajstić information content (AvgIpc) is 3.24. The van der Waals surface area contributed by atoms with Gasteiger partial charge in [0.25, 0.3) is 0 Å². The van der Waals surface area contributed by atoms with Crippen molar-refractivity contribution in [3.63, 3.8) is 0 Å². The topological polar surface area (TPSA) is 0 Å². The van der Waals surface area contributed by atoms with E-state index in [0.29, 0.717) is 0 Å². The maximum atomic E-state index is 2.55. The van der Waals surface area contributed by atoms with Crippen LogP contribution in [0, 0.1) is 24.7 Å². The van der Waals surface area contributed by atoms with Crippen molar-refractivity contribution in [3.05, 3.63) is 46.8 Å². The lowest BCUT2D eigenvalue weighted by Crippen LogP contribution is -2.25. The molecule has 0 nitrogen and oxygen atoms in total. The molecule has 0 bridgehead atoms. The molecule has 1 heteroatoms. The zero-order valence-electron chi connectivity index (χ0n) is 18.5. The van der Waals surface area contributed by atoms with Crippen LogP contribution in [0.25, 0.3) is 10.4 Å². The number of thiophene rings is 1. The molecule has 1 aliphatic rings. The van der Waals surface area contributed by atoms with Gasteiger partial charge in [0.2, 0.25) is 0 Å². The van der Waals surface area contributed by atoms with Crippen LogP contribution < -0.4 is 0 Å². The fraction of sp³-hybridized carbons (Fsp3) is 0.630. The Balaban J connectivity index is 1.67. The Kier molecular flexibility index (Phi) is 8.21. The highest BCUT2D eigenvalue weighted by molar-refractivity contribution is 7.13. The van der Waals surface area contributed by atoms with Crippen molar-refractivity contribution in [2.24, 2.45) is 17.8 Å². The lowest BCUT2D eigenvalue weighted by Gasteiger charge is -2.37. The maximum Gasteiger partial charge on any atom is 0.0345 e. The molecule has 1 heterocycles. The quantitative estimate of drug-likeness (QED) is 0.370. The van der Waals surface area contributed by atoms with Crippen LogP contribution in [0.2, 0.25) is 0 Å². The van der Waals surface area contributed by atoms with Gasteiger partial charge in [0.1, 0.15) is 0 Å². The predicted octanol–water partition coefficient (Wildman–Crippen LogP) is 9.24. The summed E-state index contributed by atoms with van der Waals surface area (Å²) in [5.74, 6) is 3.41. The van der Waals surface area contributed by atoms with E-state index in [4.69, 9.17) is 0 Å². The molecule has 28 heavy (non-hydrogen) atoms. The first-order chi connectivity index (χ1) is 13.6. The van der Waals surface area contributed by atoms with E-state index in [-0.39, 0.29) is 0 Å². The minimum Gasteiger partial charge on any atom is -0.144 e. The molecule has 3 atom stereocenters. The highest BCUT2D eigenvalue weighted by Gasteiger charge is 2.32. The molecule has 0 N–H and O–H groups in total. The second-order valence-electron chi connectivity index (χ2n) is 9.19. The SMILES string of the molecule is CCC(CC)CCCCC1CCCC(c2cc(C)ccc2-c2cccs2)C1C. The fourth-order valence-electron chi connectivity index (χ4n) is 5.48. The second kappa shape index (κ2) is 10.6. The number of unbranched alkanes of at least 4 members (excludes halogenated alkanes) is 1. The van der Waals surface area contributed by atoms with Crippen molar-refractivity contribution in [2.75, 3.05) is 0 Å². The van der Waals surface area contributed by atoms with Crippen molar-refractivity contribution < 1.29 is 0 Å². The van der Waals surface area contributed by atoms with Crippen molar-refractivity contribution in [2.45, 2.75) is 91.4 Å². The lowest BCUT2D eigenvalue weighted by atomic mass is 9.68. The molecule has 1 aromatic heterocycles. The van der Waals surface area contributed by atoms with Crippen molar-refractivity contribution >= 4 is 11.3 Å². The van der Waals surface area contributed by atoms with Gasteiger partial charge in [-0.25, -0.2) is 0 Å². The number of aryl methyl sites for hydroxylation is 1. The summed E-state index contributed by atoms with van der Waals surface area (Å²) < 4.78 is 0. The Morgan fingerprint density at radius 2 is 1.89 bits per heavy atom. The summed E-state index contributed by atoms with van der Waals surface area (Å²) in [5.41, 5.74) is 4.53. The molecule has 0 aliphatic heterocycles. The summed E-state index contributed by atoms with van der Waals surface area (Å²) in [6.45, 7) is 9.52. The number of hydrogen-bond acceptors (Lipinski definition) is 1. The van der Waals surface area contributed by atoms with Gasteiger partial charge in [-0.15, -0.1) is 11.3 Å². The largest absolute Gasteiger partial charge is 0.144 e. The van der Waals surface area contributed by atoms with Crippen molar-refractivity contribution in [1.82, 2.24) is 0 Å². The molecule has 0 saturated heterocycles. The average molecular weight is 397 g/mol. The van der Waals surface area contributed by atoms with E-state index in [1.165, 1.54) is 73.8 Å². The normalized spacial score (nSPS) is 22.7. The molecule has 0 radical (unpaired) electrons. The van der Waals surface area contributed by atoms with Crippen molar-refractivity contribution in [1.29, 1.82) is 0 Å². The van der Waals surface area contributed by atoms with E-state index in [2.05, 4.69) is 63.4 Å². The summed E-state index contributed by atoms with van der Waals surface area (Å²) in [6, 6.07) is 11.6. The van der Waals surface area contributed by atoms with Gasteiger partial charge in [-0.2, -0.15) is 0 Å². The van der Waals surface area contributed by atoms with Gasteiger partial charge in [0.05, 0.1) is 0 Å². The second-order valence-corrected chi connectivity index (χ2v) is 10.1. The van der Waals surface area contributed by atoms with Crippen LogP contribution in [-0.2, 0) is 0 Å². The third kappa shape index (κ3) is 5.29. The smallest absolute Gasteiger partial charge is 0.0345 e. The Morgan fingerprint density at radius 3 is 2.61 bits per heavy atom. The van der Waals surface area contributed by atoms with Crippen LogP contribution in [0.4, 0.5) is 0 Å².